The Kier molecular flexibility index (Phi) is 6.13. The quantitative estimate of drug-likeness (QED) is 0.780. The number of hydrogen-bond donors (Lipinski definition) is 1. The summed E-state index contributed by atoms with van der Waals surface area (Å²) in [6, 6.07) is 9.59. The first kappa shape index (κ1) is 17.4. The monoisotopic (exact) mass is 335 g/mol. The summed E-state index contributed by atoms with van der Waals surface area (Å²) in [7, 11) is 1.57. The molecule has 0 fully saturated rings. The lowest BCUT2D eigenvalue weighted by Gasteiger charge is -2.15. The minimum atomic E-state index is 0.367. The van der Waals surface area contributed by atoms with Crippen LogP contribution in [0.2, 0.25) is 5.02 Å². The maximum atomic E-state index is 6.23. The molecule has 0 aromatic heterocycles. The molecule has 0 bridgehead atoms. The summed E-state index contributed by atoms with van der Waals surface area (Å²) in [5, 5.41) is 0.483. The zero-order valence-electron chi connectivity index (χ0n) is 13.7. The zero-order chi connectivity index (χ0) is 16.8. The van der Waals surface area contributed by atoms with Crippen LogP contribution in [0.5, 0.6) is 17.2 Å². The van der Waals surface area contributed by atoms with Gasteiger partial charge in [-0.2, -0.15) is 0 Å². The van der Waals surface area contributed by atoms with Crippen molar-refractivity contribution >= 4 is 11.6 Å². The highest BCUT2D eigenvalue weighted by atomic mass is 35.5. The fourth-order valence-electron chi connectivity index (χ4n) is 2.21. The fourth-order valence-corrected chi connectivity index (χ4v) is 2.49. The average molecular weight is 336 g/mol. The van der Waals surface area contributed by atoms with Crippen LogP contribution in [0, 0.1) is 13.8 Å². The van der Waals surface area contributed by atoms with E-state index in [9.17, 15) is 0 Å². The molecule has 0 spiro atoms. The van der Waals surface area contributed by atoms with Gasteiger partial charge in [-0.3, -0.25) is 0 Å². The standard InChI is InChI=1S/C18H22ClNO3/c1-12-5-4-6-16(13(12)2)22-7-8-23-18-15(19)9-14(11-20)10-17(18)21-3/h4-6,9-10H,7-8,11,20H2,1-3H3. The molecule has 2 aromatic rings. The van der Waals surface area contributed by atoms with E-state index in [0.717, 1.165) is 16.9 Å². The van der Waals surface area contributed by atoms with Crippen molar-refractivity contribution in [1.82, 2.24) is 0 Å². The molecular weight excluding hydrogens is 314 g/mol. The number of nitrogens with two attached hydrogens (primary N) is 1. The Morgan fingerprint density at radius 1 is 1.04 bits per heavy atom. The van der Waals surface area contributed by atoms with Crippen molar-refractivity contribution in [2.45, 2.75) is 20.4 Å². The normalized spacial score (nSPS) is 10.5. The topological polar surface area (TPSA) is 53.7 Å². The lowest BCUT2D eigenvalue weighted by Crippen LogP contribution is -2.11. The minimum Gasteiger partial charge on any atom is -0.493 e. The Morgan fingerprint density at radius 3 is 2.48 bits per heavy atom. The molecule has 0 saturated heterocycles. The Hall–Kier alpha value is -1.91. The van der Waals surface area contributed by atoms with Gasteiger partial charge in [0.25, 0.3) is 0 Å². The van der Waals surface area contributed by atoms with Gasteiger partial charge in [-0.05, 0) is 48.7 Å². The van der Waals surface area contributed by atoms with Crippen LogP contribution in [0.1, 0.15) is 16.7 Å². The van der Waals surface area contributed by atoms with E-state index in [2.05, 4.69) is 13.0 Å². The van der Waals surface area contributed by atoms with Crippen LogP contribution in [0.15, 0.2) is 30.3 Å². The van der Waals surface area contributed by atoms with E-state index in [1.807, 2.05) is 25.1 Å². The molecule has 124 valence electrons. The van der Waals surface area contributed by atoms with E-state index >= 15 is 0 Å². The van der Waals surface area contributed by atoms with Gasteiger partial charge in [0.05, 0.1) is 12.1 Å². The number of benzene rings is 2. The summed E-state index contributed by atoms with van der Waals surface area (Å²) >= 11 is 6.23. The molecule has 0 saturated carbocycles. The number of aryl methyl sites for hydroxylation is 1. The van der Waals surface area contributed by atoms with Crippen LogP contribution in [-0.4, -0.2) is 20.3 Å². The Balaban J connectivity index is 1.97. The molecule has 2 N–H and O–H groups in total. The van der Waals surface area contributed by atoms with Gasteiger partial charge in [0.15, 0.2) is 11.5 Å². The molecule has 0 aliphatic rings. The summed E-state index contributed by atoms with van der Waals surface area (Å²) in [5.74, 6) is 1.95. The summed E-state index contributed by atoms with van der Waals surface area (Å²) < 4.78 is 16.8. The van der Waals surface area contributed by atoms with Gasteiger partial charge in [-0.1, -0.05) is 23.7 Å². The summed E-state index contributed by atoms with van der Waals surface area (Å²) in [6.07, 6.45) is 0. The zero-order valence-corrected chi connectivity index (χ0v) is 14.4. The molecule has 4 nitrogen and oxygen atoms in total. The van der Waals surface area contributed by atoms with Gasteiger partial charge >= 0.3 is 0 Å². The number of methoxy groups -OCH3 is 1. The highest BCUT2D eigenvalue weighted by Crippen LogP contribution is 2.36. The second-order valence-electron chi connectivity index (χ2n) is 5.21. The average Bonchev–Trinajstić information content (AvgIpc) is 2.55. The van der Waals surface area contributed by atoms with E-state index in [4.69, 9.17) is 31.5 Å². The van der Waals surface area contributed by atoms with Crippen LogP contribution in [-0.2, 0) is 6.54 Å². The lowest BCUT2D eigenvalue weighted by molar-refractivity contribution is 0.210. The number of hydrogen-bond acceptors (Lipinski definition) is 4. The SMILES string of the molecule is COc1cc(CN)cc(Cl)c1OCCOc1cccc(C)c1C. The molecule has 0 atom stereocenters. The molecule has 2 aromatic carbocycles. The first-order valence-electron chi connectivity index (χ1n) is 7.45. The molecule has 0 amide bonds. The van der Waals surface area contributed by atoms with Crippen LogP contribution in [0.3, 0.4) is 0 Å². The third-order valence-corrected chi connectivity index (χ3v) is 3.95. The van der Waals surface area contributed by atoms with Gasteiger partial charge in [0.2, 0.25) is 0 Å². The minimum absolute atomic E-state index is 0.367. The number of halogens is 1. The third-order valence-electron chi connectivity index (χ3n) is 3.67. The number of rotatable bonds is 7. The van der Waals surface area contributed by atoms with Gasteiger partial charge < -0.3 is 19.9 Å². The fraction of sp³-hybridized carbons (Fsp3) is 0.333. The lowest BCUT2D eigenvalue weighted by atomic mass is 10.1. The van der Waals surface area contributed by atoms with E-state index in [1.165, 1.54) is 5.56 Å². The third kappa shape index (κ3) is 4.30. The Bertz CT molecular complexity index is 674. The Morgan fingerprint density at radius 2 is 1.78 bits per heavy atom. The first-order valence-corrected chi connectivity index (χ1v) is 7.83. The Labute approximate surface area is 142 Å². The molecular formula is C18H22ClNO3. The highest BCUT2D eigenvalue weighted by molar-refractivity contribution is 6.32. The molecule has 0 aliphatic heterocycles. The largest absolute Gasteiger partial charge is 0.493 e. The van der Waals surface area contributed by atoms with Crippen LogP contribution in [0.25, 0.3) is 0 Å². The first-order chi connectivity index (χ1) is 11.1. The molecule has 0 aliphatic carbocycles. The maximum absolute atomic E-state index is 6.23. The second-order valence-corrected chi connectivity index (χ2v) is 5.62. The summed E-state index contributed by atoms with van der Waals surface area (Å²) in [4.78, 5) is 0. The van der Waals surface area contributed by atoms with E-state index in [0.29, 0.717) is 36.3 Å². The van der Waals surface area contributed by atoms with Crippen molar-refractivity contribution in [1.29, 1.82) is 0 Å². The van der Waals surface area contributed by atoms with Crippen LogP contribution >= 0.6 is 11.6 Å². The molecule has 23 heavy (non-hydrogen) atoms. The van der Waals surface area contributed by atoms with Gasteiger partial charge in [-0.15, -0.1) is 0 Å². The second kappa shape index (κ2) is 8.09. The predicted molar refractivity (Wildman–Crippen MR) is 92.8 cm³/mol. The molecule has 0 unspecified atom stereocenters. The molecule has 2 rings (SSSR count). The highest BCUT2D eigenvalue weighted by Gasteiger charge is 2.12. The molecule has 0 heterocycles. The smallest absolute Gasteiger partial charge is 0.179 e. The van der Waals surface area contributed by atoms with Crippen molar-refractivity contribution < 1.29 is 14.2 Å². The van der Waals surface area contributed by atoms with E-state index < -0.39 is 0 Å². The van der Waals surface area contributed by atoms with Crippen molar-refractivity contribution in [3.8, 4) is 17.2 Å². The van der Waals surface area contributed by atoms with Crippen molar-refractivity contribution in [3.05, 3.63) is 52.0 Å². The van der Waals surface area contributed by atoms with Gasteiger partial charge in [-0.25, -0.2) is 0 Å². The van der Waals surface area contributed by atoms with Crippen molar-refractivity contribution in [3.63, 3.8) is 0 Å². The van der Waals surface area contributed by atoms with E-state index in [-0.39, 0.29) is 0 Å². The molecule has 0 radical (unpaired) electrons. The van der Waals surface area contributed by atoms with Gasteiger partial charge in [0.1, 0.15) is 19.0 Å². The summed E-state index contributed by atoms with van der Waals surface area (Å²) in [5.41, 5.74) is 8.86. The number of ether oxygens (including phenoxy) is 3. The van der Waals surface area contributed by atoms with Crippen molar-refractivity contribution in [2.75, 3.05) is 20.3 Å². The predicted octanol–water partition coefficient (Wildman–Crippen LogP) is 3.88. The van der Waals surface area contributed by atoms with Crippen LogP contribution in [0.4, 0.5) is 0 Å². The molecule has 5 heteroatoms. The van der Waals surface area contributed by atoms with E-state index in [1.54, 1.807) is 13.2 Å². The maximum Gasteiger partial charge on any atom is 0.179 e. The van der Waals surface area contributed by atoms with Crippen molar-refractivity contribution in [2.24, 2.45) is 5.73 Å². The van der Waals surface area contributed by atoms with Gasteiger partial charge in [0, 0.05) is 6.54 Å². The van der Waals surface area contributed by atoms with Crippen LogP contribution < -0.4 is 19.9 Å². The summed E-state index contributed by atoms with van der Waals surface area (Å²) in [6.45, 7) is 5.28.